The third-order valence-corrected chi connectivity index (χ3v) is 6.65. The van der Waals surface area contributed by atoms with Crippen LogP contribution in [0.3, 0.4) is 0 Å². The van der Waals surface area contributed by atoms with Gasteiger partial charge in [-0.15, -0.1) is 0 Å². The zero-order chi connectivity index (χ0) is 26.9. The molecule has 3 aromatic carbocycles. The van der Waals surface area contributed by atoms with E-state index >= 15 is 0 Å². The number of piperazine rings is 1. The van der Waals surface area contributed by atoms with Crippen molar-refractivity contribution in [2.75, 3.05) is 61.9 Å². The maximum Gasteiger partial charge on any atom is 0.251 e. The predicted molar refractivity (Wildman–Crippen MR) is 157 cm³/mol. The topological polar surface area (TPSA) is 67.9 Å². The molecule has 1 saturated heterocycles. The Labute approximate surface area is 225 Å². The van der Waals surface area contributed by atoms with Crippen LogP contribution in [-0.4, -0.2) is 63.5 Å². The summed E-state index contributed by atoms with van der Waals surface area (Å²) < 4.78 is 0. The highest BCUT2D eigenvalue weighted by molar-refractivity contribution is 5.95. The van der Waals surface area contributed by atoms with Crippen molar-refractivity contribution in [2.45, 2.75) is 13.5 Å². The van der Waals surface area contributed by atoms with Gasteiger partial charge in [0.25, 0.3) is 5.91 Å². The van der Waals surface area contributed by atoms with Crippen molar-refractivity contribution < 1.29 is 9.59 Å². The van der Waals surface area contributed by atoms with Crippen LogP contribution in [0.1, 0.15) is 28.4 Å². The van der Waals surface area contributed by atoms with Crippen molar-refractivity contribution in [1.29, 1.82) is 0 Å². The Hall–Kier alpha value is -4.10. The molecule has 4 rings (SSSR count). The lowest BCUT2D eigenvalue weighted by Gasteiger charge is -2.35. The van der Waals surface area contributed by atoms with Crippen LogP contribution in [-0.2, 0) is 11.3 Å². The van der Waals surface area contributed by atoms with Gasteiger partial charge in [-0.3, -0.25) is 14.5 Å². The van der Waals surface area contributed by atoms with Gasteiger partial charge in [-0.2, -0.15) is 0 Å². The van der Waals surface area contributed by atoms with Crippen LogP contribution < -0.4 is 20.4 Å². The summed E-state index contributed by atoms with van der Waals surface area (Å²) in [5, 5.41) is 5.70. The third-order valence-electron chi connectivity index (χ3n) is 6.65. The van der Waals surface area contributed by atoms with E-state index in [0.717, 1.165) is 38.3 Å². The van der Waals surface area contributed by atoms with Crippen molar-refractivity contribution in [2.24, 2.45) is 0 Å². The molecule has 0 atom stereocenters. The average molecular weight is 512 g/mol. The van der Waals surface area contributed by atoms with E-state index in [1.807, 2.05) is 6.07 Å². The molecular formula is C31H37N5O2. The van der Waals surface area contributed by atoms with Gasteiger partial charge >= 0.3 is 0 Å². The number of rotatable bonds is 9. The van der Waals surface area contributed by atoms with E-state index in [1.54, 1.807) is 24.3 Å². The highest BCUT2D eigenvalue weighted by atomic mass is 16.2. The third kappa shape index (κ3) is 7.70. The summed E-state index contributed by atoms with van der Waals surface area (Å²) in [6, 6.07) is 23.9. The molecule has 0 bridgehead atoms. The van der Waals surface area contributed by atoms with Crippen LogP contribution in [0.5, 0.6) is 0 Å². The summed E-state index contributed by atoms with van der Waals surface area (Å²) >= 11 is 0. The molecule has 2 N–H and O–H groups in total. The van der Waals surface area contributed by atoms with Crippen LogP contribution >= 0.6 is 0 Å². The van der Waals surface area contributed by atoms with Gasteiger partial charge in [0.15, 0.2) is 0 Å². The van der Waals surface area contributed by atoms with Gasteiger partial charge in [-0.25, -0.2) is 0 Å². The van der Waals surface area contributed by atoms with Gasteiger partial charge in [-0.05, 0) is 59.7 Å². The minimum atomic E-state index is -0.139. The van der Waals surface area contributed by atoms with Gasteiger partial charge in [0.2, 0.25) is 5.91 Å². The molecule has 38 heavy (non-hydrogen) atoms. The number of nitrogens with zero attached hydrogens (tertiary/aromatic N) is 3. The highest BCUT2D eigenvalue weighted by Crippen LogP contribution is 2.19. The smallest absolute Gasteiger partial charge is 0.251 e. The molecule has 7 heteroatoms. The van der Waals surface area contributed by atoms with Crippen LogP contribution in [0.4, 0.5) is 17.1 Å². The number of amides is 2. The van der Waals surface area contributed by atoms with E-state index in [2.05, 4.69) is 94.0 Å². The Kier molecular flexibility index (Phi) is 9.16. The molecule has 0 aliphatic carbocycles. The lowest BCUT2D eigenvalue weighted by Crippen LogP contribution is -2.46. The Morgan fingerprint density at radius 3 is 2.29 bits per heavy atom. The Balaban J connectivity index is 1.23. The number of anilines is 3. The van der Waals surface area contributed by atoms with E-state index < -0.39 is 0 Å². The van der Waals surface area contributed by atoms with Crippen molar-refractivity contribution in [3.63, 3.8) is 0 Å². The molecule has 1 fully saturated rings. The van der Waals surface area contributed by atoms with Gasteiger partial charge in [0.1, 0.15) is 0 Å². The van der Waals surface area contributed by atoms with E-state index in [9.17, 15) is 9.59 Å². The maximum atomic E-state index is 12.6. The zero-order valence-corrected chi connectivity index (χ0v) is 22.5. The molecule has 1 aliphatic heterocycles. The minimum Gasteiger partial charge on any atom is -0.378 e. The van der Waals surface area contributed by atoms with Gasteiger partial charge in [0, 0.05) is 82.9 Å². The summed E-state index contributed by atoms with van der Waals surface area (Å²) in [4.78, 5) is 30.7. The van der Waals surface area contributed by atoms with Gasteiger partial charge in [-0.1, -0.05) is 36.4 Å². The first kappa shape index (κ1) is 26.9. The first-order valence-electron chi connectivity index (χ1n) is 13.0. The second-order valence-electron chi connectivity index (χ2n) is 9.79. The summed E-state index contributed by atoms with van der Waals surface area (Å²) in [5.74, 6) is -0.276. The molecule has 7 nitrogen and oxygen atoms in total. The predicted octanol–water partition coefficient (Wildman–Crippen LogP) is 4.48. The van der Waals surface area contributed by atoms with E-state index in [-0.39, 0.29) is 11.8 Å². The van der Waals surface area contributed by atoms with Crippen LogP contribution in [0.25, 0.3) is 6.08 Å². The number of carbonyl (C=O) groups excluding carboxylic acids is 2. The Bertz CT molecular complexity index is 1240. The molecule has 0 saturated carbocycles. The first-order valence-corrected chi connectivity index (χ1v) is 13.0. The lowest BCUT2D eigenvalue weighted by molar-refractivity contribution is -0.114. The Morgan fingerprint density at radius 1 is 0.921 bits per heavy atom. The van der Waals surface area contributed by atoms with Crippen molar-refractivity contribution in [3.8, 4) is 0 Å². The van der Waals surface area contributed by atoms with Gasteiger partial charge < -0.3 is 20.4 Å². The second-order valence-corrected chi connectivity index (χ2v) is 9.79. The summed E-state index contributed by atoms with van der Waals surface area (Å²) in [6.07, 6.45) is 4.44. The monoisotopic (exact) mass is 511 g/mol. The summed E-state index contributed by atoms with van der Waals surface area (Å²) in [5.41, 5.74) is 5.92. The summed E-state index contributed by atoms with van der Waals surface area (Å²) in [7, 11) is 4.11. The molecule has 0 aromatic heterocycles. The number of nitrogens with one attached hydrogen (secondary N) is 2. The lowest BCUT2D eigenvalue weighted by atomic mass is 10.1. The fourth-order valence-electron chi connectivity index (χ4n) is 4.47. The fourth-order valence-corrected chi connectivity index (χ4v) is 4.47. The molecular weight excluding hydrogens is 474 g/mol. The highest BCUT2D eigenvalue weighted by Gasteiger charge is 2.16. The quantitative estimate of drug-likeness (QED) is 0.444. The molecule has 0 unspecified atom stereocenters. The maximum absolute atomic E-state index is 12.6. The number of benzene rings is 3. The van der Waals surface area contributed by atoms with Crippen molar-refractivity contribution in [3.05, 3.63) is 95.6 Å². The van der Waals surface area contributed by atoms with Crippen LogP contribution in [0.2, 0.25) is 0 Å². The van der Waals surface area contributed by atoms with Gasteiger partial charge in [0.05, 0.1) is 0 Å². The Morgan fingerprint density at radius 2 is 1.63 bits per heavy atom. The molecule has 1 heterocycles. The first-order chi connectivity index (χ1) is 18.4. The van der Waals surface area contributed by atoms with E-state index in [0.29, 0.717) is 17.8 Å². The normalized spacial score (nSPS) is 13.9. The molecule has 0 spiro atoms. The second kappa shape index (κ2) is 12.9. The molecule has 2 amide bonds. The van der Waals surface area contributed by atoms with Crippen molar-refractivity contribution >= 4 is 35.0 Å². The largest absolute Gasteiger partial charge is 0.378 e. The van der Waals surface area contributed by atoms with Crippen LogP contribution in [0.15, 0.2) is 78.9 Å². The zero-order valence-electron chi connectivity index (χ0n) is 22.5. The van der Waals surface area contributed by atoms with E-state index in [4.69, 9.17) is 0 Å². The molecule has 0 radical (unpaired) electrons. The standard InChI is InChI=1S/C31H37N5O2/c1-24(37)33-28-13-11-27(12-14-28)31(38)32-23-26-6-4-8-30(22-26)36-20-18-35(19-21-36)17-5-7-25-9-15-29(16-10-25)34(2)3/h4-16,22H,17-21,23H2,1-3H3,(H,32,38)(H,33,37)/b7-5+. The van der Waals surface area contributed by atoms with Crippen molar-refractivity contribution in [1.82, 2.24) is 10.2 Å². The molecule has 198 valence electrons. The minimum absolute atomic E-state index is 0.137. The molecule has 3 aromatic rings. The fraction of sp³-hybridized carbons (Fsp3) is 0.290. The van der Waals surface area contributed by atoms with Crippen LogP contribution in [0, 0.1) is 0 Å². The number of hydrogen-bond donors (Lipinski definition) is 2. The summed E-state index contributed by atoms with van der Waals surface area (Å²) in [6.45, 7) is 6.84. The number of hydrogen-bond acceptors (Lipinski definition) is 5. The SMILES string of the molecule is CC(=O)Nc1ccc(C(=O)NCc2cccc(N3CCN(C/C=C/c4ccc(N(C)C)cc4)CC3)c2)cc1. The van der Waals surface area contributed by atoms with E-state index in [1.165, 1.54) is 23.9 Å². The average Bonchev–Trinajstić information content (AvgIpc) is 2.92. The molecule has 1 aliphatic rings. The number of carbonyl (C=O) groups is 2.